The van der Waals surface area contributed by atoms with E-state index in [-0.39, 0.29) is 23.2 Å². The largest absolute Gasteiger partial charge is 0.478 e. The van der Waals surface area contributed by atoms with Crippen molar-refractivity contribution in [2.75, 3.05) is 7.11 Å². The Kier molecular flexibility index (Phi) is 4.76. The van der Waals surface area contributed by atoms with Crippen LogP contribution in [0.3, 0.4) is 0 Å². The Balaban J connectivity index is 3.18. The lowest BCUT2D eigenvalue weighted by Gasteiger charge is -2.02. The fourth-order valence-corrected chi connectivity index (χ4v) is 1.43. The van der Waals surface area contributed by atoms with Crippen molar-refractivity contribution in [3.63, 3.8) is 0 Å². The molecule has 0 aliphatic heterocycles. The Morgan fingerprint density at radius 1 is 1.47 bits per heavy atom. The standard InChI is InChI=1S/C12H11NO6/c1-19-11(14)7-3-4-8-9(12(15)16)5-2-6-10(8)13(17)18/h2-6H,7H2,1H3,(H,15,16). The van der Waals surface area contributed by atoms with Gasteiger partial charge in [-0.2, -0.15) is 0 Å². The molecular formula is C12H11NO6. The second-order valence-electron chi connectivity index (χ2n) is 3.48. The maximum atomic E-state index is 11.0. The Hall–Kier alpha value is -2.70. The molecule has 0 aliphatic carbocycles. The topological polar surface area (TPSA) is 107 Å². The fraction of sp³-hybridized carbons (Fsp3) is 0.167. The summed E-state index contributed by atoms with van der Waals surface area (Å²) in [7, 11) is 1.21. The lowest BCUT2D eigenvalue weighted by molar-refractivity contribution is -0.385. The third-order valence-electron chi connectivity index (χ3n) is 2.31. The summed E-state index contributed by atoms with van der Waals surface area (Å²) in [6, 6.07) is 3.75. The minimum absolute atomic E-state index is 0.0519. The number of hydrogen-bond donors (Lipinski definition) is 1. The van der Waals surface area contributed by atoms with Gasteiger partial charge in [0.2, 0.25) is 0 Å². The zero-order valence-corrected chi connectivity index (χ0v) is 10.0. The number of hydrogen-bond acceptors (Lipinski definition) is 5. The van der Waals surface area contributed by atoms with Crippen LogP contribution < -0.4 is 0 Å². The van der Waals surface area contributed by atoms with Crippen LogP contribution in [0.25, 0.3) is 6.08 Å². The number of carboxylic acid groups (broad SMARTS) is 1. The number of esters is 1. The molecule has 0 atom stereocenters. The maximum Gasteiger partial charge on any atom is 0.336 e. The van der Waals surface area contributed by atoms with Gasteiger partial charge >= 0.3 is 11.9 Å². The molecule has 0 aliphatic rings. The van der Waals surface area contributed by atoms with Gasteiger partial charge in [0.25, 0.3) is 5.69 Å². The molecule has 19 heavy (non-hydrogen) atoms. The minimum Gasteiger partial charge on any atom is -0.478 e. The molecule has 0 amide bonds. The molecule has 1 rings (SSSR count). The number of aromatic carboxylic acids is 1. The van der Waals surface area contributed by atoms with Crippen molar-refractivity contribution < 1.29 is 24.4 Å². The first kappa shape index (κ1) is 14.4. The molecule has 7 heteroatoms. The average molecular weight is 265 g/mol. The van der Waals surface area contributed by atoms with Gasteiger partial charge in [0.15, 0.2) is 0 Å². The predicted octanol–water partition coefficient (Wildman–Crippen LogP) is 1.87. The number of carboxylic acids is 1. The van der Waals surface area contributed by atoms with Gasteiger partial charge in [-0.25, -0.2) is 4.79 Å². The van der Waals surface area contributed by atoms with Crippen LogP contribution in [-0.4, -0.2) is 29.1 Å². The van der Waals surface area contributed by atoms with Gasteiger partial charge in [0, 0.05) is 6.07 Å². The molecule has 0 heterocycles. The van der Waals surface area contributed by atoms with Crippen LogP contribution in [-0.2, 0) is 9.53 Å². The number of nitro benzene ring substituents is 1. The molecule has 1 aromatic rings. The van der Waals surface area contributed by atoms with Crippen LogP contribution in [0.1, 0.15) is 22.3 Å². The van der Waals surface area contributed by atoms with Crippen LogP contribution >= 0.6 is 0 Å². The van der Waals surface area contributed by atoms with Gasteiger partial charge in [0.05, 0.1) is 29.6 Å². The summed E-state index contributed by atoms with van der Waals surface area (Å²) < 4.78 is 4.40. The molecule has 1 aromatic carbocycles. The molecule has 0 aromatic heterocycles. The summed E-state index contributed by atoms with van der Waals surface area (Å²) in [5.74, 6) is -1.80. The molecule has 0 saturated heterocycles. The van der Waals surface area contributed by atoms with Crippen molar-refractivity contribution in [1.82, 2.24) is 0 Å². The van der Waals surface area contributed by atoms with Crippen molar-refractivity contribution in [1.29, 1.82) is 0 Å². The lowest BCUT2D eigenvalue weighted by atomic mass is 10.0. The molecule has 0 spiro atoms. The van der Waals surface area contributed by atoms with Crippen molar-refractivity contribution >= 4 is 23.7 Å². The Morgan fingerprint density at radius 2 is 2.16 bits per heavy atom. The van der Waals surface area contributed by atoms with Crippen LogP contribution in [0.15, 0.2) is 24.3 Å². The molecule has 7 nitrogen and oxygen atoms in total. The summed E-state index contributed by atoms with van der Waals surface area (Å²) in [6.45, 7) is 0. The zero-order chi connectivity index (χ0) is 14.4. The predicted molar refractivity (Wildman–Crippen MR) is 65.7 cm³/mol. The first-order valence-electron chi connectivity index (χ1n) is 5.21. The summed E-state index contributed by atoms with van der Waals surface area (Å²) in [4.78, 5) is 32.1. The monoisotopic (exact) mass is 265 g/mol. The van der Waals surface area contributed by atoms with Gasteiger partial charge in [0.1, 0.15) is 0 Å². The average Bonchev–Trinajstić information content (AvgIpc) is 2.37. The number of carbonyl (C=O) groups is 2. The highest BCUT2D eigenvalue weighted by Crippen LogP contribution is 2.24. The highest BCUT2D eigenvalue weighted by molar-refractivity contribution is 5.94. The maximum absolute atomic E-state index is 11.0. The lowest BCUT2D eigenvalue weighted by Crippen LogP contribution is -2.03. The van der Waals surface area contributed by atoms with Gasteiger partial charge < -0.3 is 9.84 Å². The zero-order valence-electron chi connectivity index (χ0n) is 10.0. The van der Waals surface area contributed by atoms with E-state index < -0.39 is 16.9 Å². The van der Waals surface area contributed by atoms with E-state index in [1.54, 1.807) is 0 Å². The smallest absolute Gasteiger partial charge is 0.336 e. The SMILES string of the molecule is COC(=O)CC=Cc1c(C(=O)O)cccc1[N+](=O)[O-]. The number of ether oxygens (including phenoxy) is 1. The van der Waals surface area contributed by atoms with E-state index in [1.807, 2.05) is 0 Å². The Labute approximate surface area is 108 Å². The number of benzene rings is 1. The first-order valence-corrected chi connectivity index (χ1v) is 5.21. The van der Waals surface area contributed by atoms with E-state index in [4.69, 9.17) is 5.11 Å². The van der Waals surface area contributed by atoms with Gasteiger partial charge in [-0.15, -0.1) is 0 Å². The molecule has 0 radical (unpaired) electrons. The third-order valence-corrected chi connectivity index (χ3v) is 2.31. The normalized spacial score (nSPS) is 10.4. The molecule has 0 bridgehead atoms. The third kappa shape index (κ3) is 3.63. The van der Waals surface area contributed by atoms with E-state index in [0.29, 0.717) is 0 Å². The number of nitrogens with zero attached hydrogens (tertiary/aromatic N) is 1. The molecule has 0 unspecified atom stereocenters. The minimum atomic E-state index is -1.28. The summed E-state index contributed by atoms with van der Waals surface area (Å²) >= 11 is 0. The molecule has 0 saturated carbocycles. The van der Waals surface area contributed by atoms with Crippen molar-refractivity contribution in [2.24, 2.45) is 0 Å². The molecule has 1 N–H and O–H groups in total. The Bertz CT molecular complexity index is 517. The second kappa shape index (κ2) is 6.29. The van der Waals surface area contributed by atoms with Crippen LogP contribution in [0.2, 0.25) is 0 Å². The first-order chi connectivity index (χ1) is 8.97. The van der Waals surface area contributed by atoms with E-state index in [9.17, 15) is 19.7 Å². The van der Waals surface area contributed by atoms with E-state index in [2.05, 4.69) is 4.74 Å². The van der Waals surface area contributed by atoms with Crippen molar-refractivity contribution in [3.8, 4) is 0 Å². The quantitative estimate of drug-likeness (QED) is 0.494. The highest BCUT2D eigenvalue weighted by atomic mass is 16.6. The molecule has 0 fully saturated rings. The van der Waals surface area contributed by atoms with Crippen LogP contribution in [0.5, 0.6) is 0 Å². The summed E-state index contributed by atoms with van der Waals surface area (Å²) in [6.07, 6.45) is 2.46. The fourth-order valence-electron chi connectivity index (χ4n) is 1.43. The van der Waals surface area contributed by atoms with Crippen LogP contribution in [0.4, 0.5) is 5.69 Å². The van der Waals surface area contributed by atoms with Crippen molar-refractivity contribution in [3.05, 3.63) is 45.5 Å². The number of nitro groups is 1. The summed E-state index contributed by atoms with van der Waals surface area (Å²) in [5, 5.41) is 19.8. The van der Waals surface area contributed by atoms with Gasteiger partial charge in [-0.1, -0.05) is 18.2 Å². The molecular weight excluding hydrogens is 254 g/mol. The number of methoxy groups -OCH3 is 1. The number of rotatable bonds is 5. The second-order valence-corrected chi connectivity index (χ2v) is 3.48. The number of carbonyl (C=O) groups excluding carboxylic acids is 1. The van der Waals surface area contributed by atoms with Gasteiger partial charge in [-0.05, 0) is 6.07 Å². The van der Waals surface area contributed by atoms with Crippen LogP contribution in [0, 0.1) is 10.1 Å². The Morgan fingerprint density at radius 3 is 2.68 bits per heavy atom. The van der Waals surface area contributed by atoms with Crippen molar-refractivity contribution in [2.45, 2.75) is 6.42 Å². The summed E-state index contributed by atoms with van der Waals surface area (Å²) in [5.41, 5.74) is -0.583. The van der Waals surface area contributed by atoms with E-state index in [0.717, 1.165) is 0 Å². The van der Waals surface area contributed by atoms with E-state index in [1.165, 1.54) is 37.5 Å². The highest BCUT2D eigenvalue weighted by Gasteiger charge is 2.18. The molecule has 100 valence electrons. The van der Waals surface area contributed by atoms with Gasteiger partial charge in [-0.3, -0.25) is 14.9 Å². The van der Waals surface area contributed by atoms with E-state index >= 15 is 0 Å².